The zero-order chi connectivity index (χ0) is 20.1. The summed E-state index contributed by atoms with van der Waals surface area (Å²) in [4.78, 5) is 30.9. The van der Waals surface area contributed by atoms with Crippen molar-refractivity contribution < 1.29 is 9.59 Å². The lowest BCUT2D eigenvalue weighted by atomic mass is 9.94. The zero-order valence-corrected chi connectivity index (χ0v) is 17.5. The van der Waals surface area contributed by atoms with Crippen LogP contribution in [-0.2, 0) is 4.79 Å². The number of carbonyl (C=O) groups excluding carboxylic acids is 2. The van der Waals surface area contributed by atoms with Gasteiger partial charge in [0.15, 0.2) is 0 Å². The molecule has 158 valence electrons. The number of nitrogens with one attached hydrogen (secondary N) is 1. The van der Waals surface area contributed by atoms with Gasteiger partial charge in [-0.25, -0.2) is 0 Å². The molecule has 3 aliphatic rings. The highest BCUT2D eigenvalue weighted by molar-refractivity contribution is 5.95. The van der Waals surface area contributed by atoms with Gasteiger partial charge < -0.3 is 10.2 Å². The van der Waals surface area contributed by atoms with Gasteiger partial charge in [-0.15, -0.1) is 0 Å². The molecule has 0 spiro atoms. The van der Waals surface area contributed by atoms with Crippen molar-refractivity contribution >= 4 is 11.8 Å². The molecule has 1 saturated heterocycles. The third-order valence-corrected chi connectivity index (χ3v) is 7.13. The van der Waals surface area contributed by atoms with E-state index in [0.29, 0.717) is 6.04 Å². The maximum atomic E-state index is 13.4. The summed E-state index contributed by atoms with van der Waals surface area (Å²) in [5.74, 6) is 0.159. The number of benzene rings is 1. The van der Waals surface area contributed by atoms with Gasteiger partial charge >= 0.3 is 0 Å². The molecule has 1 aromatic carbocycles. The molecule has 2 saturated carbocycles. The molecule has 1 aromatic rings. The van der Waals surface area contributed by atoms with Gasteiger partial charge in [-0.2, -0.15) is 0 Å². The van der Waals surface area contributed by atoms with Gasteiger partial charge in [-0.1, -0.05) is 43.9 Å². The molecule has 1 N–H and O–H groups in total. The molecule has 1 heterocycles. The summed E-state index contributed by atoms with van der Waals surface area (Å²) in [7, 11) is 0. The number of hydrogen-bond donors (Lipinski definition) is 1. The predicted octanol–water partition coefficient (Wildman–Crippen LogP) is 3.45. The molecular weight excluding hydrogens is 362 g/mol. The Morgan fingerprint density at radius 2 is 1.66 bits per heavy atom. The monoisotopic (exact) mass is 397 g/mol. The smallest absolute Gasteiger partial charge is 0.254 e. The van der Waals surface area contributed by atoms with Crippen LogP contribution in [0.1, 0.15) is 68.1 Å². The van der Waals surface area contributed by atoms with E-state index in [1.165, 1.54) is 32.1 Å². The maximum absolute atomic E-state index is 13.4. The van der Waals surface area contributed by atoms with Gasteiger partial charge in [0, 0.05) is 43.8 Å². The van der Waals surface area contributed by atoms with E-state index in [4.69, 9.17) is 0 Å². The van der Waals surface area contributed by atoms with Crippen molar-refractivity contribution in [2.75, 3.05) is 26.2 Å². The van der Waals surface area contributed by atoms with E-state index in [0.717, 1.165) is 57.4 Å². The summed E-state index contributed by atoms with van der Waals surface area (Å²) in [6, 6.07) is 10.2. The van der Waals surface area contributed by atoms with Crippen LogP contribution in [-0.4, -0.2) is 59.9 Å². The van der Waals surface area contributed by atoms with Crippen LogP contribution in [0.15, 0.2) is 30.3 Å². The molecule has 4 rings (SSSR count). The molecular formula is C24H35N3O2. The van der Waals surface area contributed by atoms with Gasteiger partial charge in [-0.05, 0) is 44.2 Å². The molecule has 5 nitrogen and oxygen atoms in total. The Morgan fingerprint density at radius 1 is 0.862 bits per heavy atom. The highest BCUT2D eigenvalue weighted by Crippen LogP contribution is 2.32. The summed E-state index contributed by atoms with van der Waals surface area (Å²) in [5.41, 5.74) is 0.734. The van der Waals surface area contributed by atoms with Gasteiger partial charge in [0.25, 0.3) is 5.91 Å². The van der Waals surface area contributed by atoms with Crippen molar-refractivity contribution in [1.29, 1.82) is 0 Å². The largest absolute Gasteiger partial charge is 0.355 e. The van der Waals surface area contributed by atoms with E-state index in [2.05, 4.69) is 10.2 Å². The summed E-state index contributed by atoms with van der Waals surface area (Å²) in [6.45, 7) is 3.41. The molecule has 3 fully saturated rings. The zero-order valence-electron chi connectivity index (χ0n) is 17.5. The summed E-state index contributed by atoms with van der Waals surface area (Å²) in [6.07, 6.45) is 10.3. The second kappa shape index (κ2) is 9.75. The molecule has 2 atom stereocenters. The van der Waals surface area contributed by atoms with Crippen LogP contribution in [0.3, 0.4) is 0 Å². The minimum Gasteiger partial charge on any atom is -0.355 e. The van der Waals surface area contributed by atoms with Crippen LogP contribution in [0.4, 0.5) is 0 Å². The van der Waals surface area contributed by atoms with E-state index < -0.39 is 0 Å². The molecule has 2 amide bonds. The highest BCUT2D eigenvalue weighted by atomic mass is 16.2. The Morgan fingerprint density at radius 3 is 2.45 bits per heavy atom. The maximum Gasteiger partial charge on any atom is 0.254 e. The molecule has 0 radical (unpaired) electrons. The third kappa shape index (κ3) is 4.82. The fourth-order valence-electron chi connectivity index (χ4n) is 5.60. The number of nitrogens with zero attached hydrogens (tertiary/aromatic N) is 2. The molecule has 0 unspecified atom stereocenters. The molecule has 0 aromatic heterocycles. The molecule has 0 bridgehead atoms. The Balaban J connectivity index is 1.53. The lowest BCUT2D eigenvalue weighted by molar-refractivity contribution is -0.126. The lowest BCUT2D eigenvalue weighted by Crippen LogP contribution is -2.47. The first-order valence-corrected chi connectivity index (χ1v) is 11.6. The van der Waals surface area contributed by atoms with E-state index in [9.17, 15) is 9.59 Å². The normalized spacial score (nSPS) is 27.7. The van der Waals surface area contributed by atoms with Crippen molar-refractivity contribution in [2.24, 2.45) is 5.92 Å². The van der Waals surface area contributed by atoms with Crippen molar-refractivity contribution in [2.45, 2.75) is 69.9 Å². The van der Waals surface area contributed by atoms with Crippen LogP contribution in [0.5, 0.6) is 0 Å². The number of hydrogen-bond acceptors (Lipinski definition) is 3. The minimum atomic E-state index is -0.0658. The number of carbonyl (C=O) groups is 2. The van der Waals surface area contributed by atoms with Gasteiger partial charge in [0.05, 0.1) is 5.92 Å². The van der Waals surface area contributed by atoms with Crippen molar-refractivity contribution in [1.82, 2.24) is 15.1 Å². The van der Waals surface area contributed by atoms with Crippen molar-refractivity contribution in [3.8, 4) is 0 Å². The predicted molar refractivity (Wildman–Crippen MR) is 115 cm³/mol. The van der Waals surface area contributed by atoms with E-state index in [-0.39, 0.29) is 23.8 Å². The Labute approximate surface area is 174 Å². The average molecular weight is 398 g/mol. The SMILES string of the molecule is O=C1NCCN(C2CCCCC2)CCCN(C(=O)c2ccccc2)[C@H]2CCC[C@@H]12. The second-order valence-corrected chi connectivity index (χ2v) is 8.94. The standard InChI is InChI=1S/C24H35N3O2/c28-23-21-13-7-14-22(21)27(24(29)19-9-3-1-4-10-19)17-8-16-26(18-15-25-23)20-11-5-2-6-12-20/h1,3-4,9-10,20-22H,2,5-8,11-18H2,(H,25,28)/t21-,22+/m1/s1. The van der Waals surface area contributed by atoms with E-state index >= 15 is 0 Å². The first-order chi connectivity index (χ1) is 14.2. The van der Waals surface area contributed by atoms with Crippen LogP contribution in [0.25, 0.3) is 0 Å². The summed E-state index contributed by atoms with van der Waals surface area (Å²) in [5, 5.41) is 3.20. The fraction of sp³-hybridized carbons (Fsp3) is 0.667. The summed E-state index contributed by atoms with van der Waals surface area (Å²) >= 11 is 0. The molecule has 1 aliphatic heterocycles. The van der Waals surface area contributed by atoms with Crippen molar-refractivity contribution in [3.05, 3.63) is 35.9 Å². The first-order valence-electron chi connectivity index (χ1n) is 11.6. The van der Waals surface area contributed by atoms with Crippen LogP contribution >= 0.6 is 0 Å². The van der Waals surface area contributed by atoms with Crippen LogP contribution in [0.2, 0.25) is 0 Å². The second-order valence-electron chi connectivity index (χ2n) is 8.94. The third-order valence-electron chi connectivity index (χ3n) is 7.13. The first kappa shape index (κ1) is 20.4. The quantitative estimate of drug-likeness (QED) is 0.832. The fourth-order valence-corrected chi connectivity index (χ4v) is 5.60. The Kier molecular flexibility index (Phi) is 6.86. The van der Waals surface area contributed by atoms with E-state index in [1.807, 2.05) is 35.2 Å². The Hall–Kier alpha value is -1.88. The van der Waals surface area contributed by atoms with Gasteiger partial charge in [0.2, 0.25) is 5.91 Å². The van der Waals surface area contributed by atoms with Gasteiger partial charge in [0.1, 0.15) is 0 Å². The number of rotatable bonds is 2. The molecule has 2 aliphatic carbocycles. The highest BCUT2D eigenvalue weighted by Gasteiger charge is 2.39. The molecule has 29 heavy (non-hydrogen) atoms. The van der Waals surface area contributed by atoms with E-state index in [1.54, 1.807) is 0 Å². The summed E-state index contributed by atoms with van der Waals surface area (Å²) < 4.78 is 0. The average Bonchev–Trinajstić information content (AvgIpc) is 3.24. The minimum absolute atomic E-state index is 0.0314. The topological polar surface area (TPSA) is 52.7 Å². The van der Waals surface area contributed by atoms with Gasteiger partial charge in [-0.3, -0.25) is 14.5 Å². The Bertz CT molecular complexity index is 687. The van der Waals surface area contributed by atoms with Crippen LogP contribution in [0, 0.1) is 5.92 Å². The number of amides is 2. The molecule has 5 heteroatoms. The van der Waals surface area contributed by atoms with Crippen LogP contribution < -0.4 is 5.32 Å². The number of fused-ring (bicyclic) bond motifs is 1. The lowest BCUT2D eigenvalue weighted by Gasteiger charge is -2.35. The van der Waals surface area contributed by atoms with Crippen molar-refractivity contribution in [3.63, 3.8) is 0 Å².